The Morgan fingerprint density at radius 2 is 1.76 bits per heavy atom. The van der Waals surface area contributed by atoms with Gasteiger partial charge in [0.25, 0.3) is 5.91 Å². The van der Waals surface area contributed by atoms with Crippen molar-refractivity contribution in [2.24, 2.45) is 0 Å². The third-order valence-corrected chi connectivity index (χ3v) is 5.47. The molecule has 1 aliphatic heterocycles. The van der Waals surface area contributed by atoms with Gasteiger partial charge in [0, 0.05) is 6.54 Å². The lowest BCUT2D eigenvalue weighted by Gasteiger charge is -2.22. The van der Waals surface area contributed by atoms with Crippen LogP contribution in [-0.2, 0) is 21.7 Å². The molecule has 152 valence electrons. The first kappa shape index (κ1) is 20.6. The summed E-state index contributed by atoms with van der Waals surface area (Å²) in [5.74, 6) is -0.429. The van der Waals surface area contributed by atoms with E-state index in [9.17, 15) is 14.4 Å². The molecular formula is C23H27N3O3. The lowest BCUT2D eigenvalue weighted by Crippen LogP contribution is -2.43. The van der Waals surface area contributed by atoms with Crippen LogP contribution in [0.2, 0.25) is 0 Å². The second-order valence-corrected chi connectivity index (χ2v) is 7.93. The minimum absolute atomic E-state index is 0.309. The number of aryl methyl sites for hydroxylation is 1. The number of carbonyl (C=O) groups excluding carboxylic acids is 3. The summed E-state index contributed by atoms with van der Waals surface area (Å²) in [7, 11) is 0. The van der Waals surface area contributed by atoms with Gasteiger partial charge in [0.2, 0.25) is 5.91 Å². The molecule has 0 aliphatic carbocycles. The van der Waals surface area contributed by atoms with E-state index in [0.717, 1.165) is 21.6 Å². The summed E-state index contributed by atoms with van der Waals surface area (Å²) >= 11 is 0. The van der Waals surface area contributed by atoms with Crippen LogP contribution in [0.3, 0.4) is 0 Å². The number of urea groups is 1. The number of carbonyl (C=O) groups is 3. The number of imide groups is 1. The maximum Gasteiger partial charge on any atom is 0.325 e. The molecule has 1 saturated heterocycles. The van der Waals surface area contributed by atoms with Gasteiger partial charge in [0.05, 0.1) is 0 Å². The molecule has 0 bridgehead atoms. The van der Waals surface area contributed by atoms with Gasteiger partial charge in [0.15, 0.2) is 0 Å². The highest BCUT2D eigenvalue weighted by molar-refractivity contribution is 6.09. The fourth-order valence-corrected chi connectivity index (χ4v) is 3.44. The molecular weight excluding hydrogens is 366 g/mol. The molecule has 1 fully saturated rings. The number of rotatable bonds is 6. The van der Waals surface area contributed by atoms with Crippen LogP contribution in [0.25, 0.3) is 0 Å². The molecule has 6 nitrogen and oxygen atoms in total. The maximum atomic E-state index is 13.0. The Balaban J connectivity index is 1.68. The molecule has 0 spiro atoms. The van der Waals surface area contributed by atoms with Gasteiger partial charge in [-0.1, -0.05) is 62.4 Å². The smallest absolute Gasteiger partial charge is 0.325 e. The third-order valence-electron chi connectivity index (χ3n) is 5.47. The van der Waals surface area contributed by atoms with E-state index >= 15 is 0 Å². The molecule has 1 heterocycles. The van der Waals surface area contributed by atoms with E-state index in [1.807, 2.05) is 55.5 Å². The number of benzene rings is 2. The topological polar surface area (TPSA) is 78.5 Å². The zero-order valence-corrected chi connectivity index (χ0v) is 17.3. The van der Waals surface area contributed by atoms with Crippen LogP contribution >= 0.6 is 0 Å². The van der Waals surface area contributed by atoms with E-state index < -0.39 is 17.5 Å². The van der Waals surface area contributed by atoms with Gasteiger partial charge in [-0.25, -0.2) is 4.79 Å². The minimum atomic E-state index is -1.18. The Morgan fingerprint density at radius 3 is 2.38 bits per heavy atom. The molecule has 2 aromatic rings. The number of amides is 4. The van der Waals surface area contributed by atoms with Gasteiger partial charge in [-0.15, -0.1) is 0 Å². The number of nitrogens with zero attached hydrogens (tertiary/aromatic N) is 1. The lowest BCUT2D eigenvalue weighted by atomic mass is 9.90. The number of hydrogen-bond donors (Lipinski definition) is 2. The molecule has 1 atom stereocenters. The summed E-state index contributed by atoms with van der Waals surface area (Å²) in [6.45, 7) is 7.87. The fourth-order valence-electron chi connectivity index (χ4n) is 3.44. The summed E-state index contributed by atoms with van der Waals surface area (Å²) in [4.78, 5) is 38.7. The molecule has 0 saturated carbocycles. The van der Waals surface area contributed by atoms with Crippen molar-refractivity contribution in [3.8, 4) is 0 Å². The monoisotopic (exact) mass is 393 g/mol. The van der Waals surface area contributed by atoms with Crippen LogP contribution in [-0.4, -0.2) is 29.3 Å². The highest BCUT2D eigenvalue weighted by Gasteiger charge is 2.49. The summed E-state index contributed by atoms with van der Waals surface area (Å²) in [6.07, 6.45) is 0. The zero-order valence-electron chi connectivity index (χ0n) is 17.3. The molecule has 4 amide bonds. The Bertz CT molecular complexity index is 937. The molecule has 2 aromatic carbocycles. The number of hydrogen-bond acceptors (Lipinski definition) is 3. The van der Waals surface area contributed by atoms with E-state index in [1.165, 1.54) is 0 Å². The Kier molecular flexibility index (Phi) is 5.73. The predicted molar refractivity (Wildman–Crippen MR) is 111 cm³/mol. The number of nitrogens with one attached hydrogen (secondary N) is 2. The fraction of sp³-hybridized carbons (Fsp3) is 0.348. The summed E-state index contributed by atoms with van der Waals surface area (Å²) in [6, 6.07) is 14.8. The standard InChI is InChI=1S/C23H27N3O3/c1-15(2)17-9-11-19(12-10-17)23(4)21(28)26(22(29)25-23)14-20(27)24-13-18-8-6-5-7-16(18)3/h5-12,15H,13-14H2,1-4H3,(H,24,27)(H,25,29)/t23-/m0/s1. The highest BCUT2D eigenvalue weighted by atomic mass is 16.2. The molecule has 29 heavy (non-hydrogen) atoms. The zero-order chi connectivity index (χ0) is 21.2. The highest BCUT2D eigenvalue weighted by Crippen LogP contribution is 2.29. The van der Waals surface area contributed by atoms with E-state index in [4.69, 9.17) is 0 Å². The average Bonchev–Trinajstić information content (AvgIpc) is 2.91. The normalized spacial score (nSPS) is 18.9. The lowest BCUT2D eigenvalue weighted by molar-refractivity contribution is -0.134. The Morgan fingerprint density at radius 1 is 1.10 bits per heavy atom. The van der Waals surface area contributed by atoms with Crippen LogP contribution in [0.15, 0.2) is 48.5 Å². The van der Waals surface area contributed by atoms with Crippen LogP contribution in [0, 0.1) is 6.92 Å². The molecule has 3 rings (SSSR count). The SMILES string of the molecule is Cc1ccccc1CNC(=O)CN1C(=O)N[C@@](C)(c2ccc(C(C)C)cc2)C1=O. The van der Waals surface area contributed by atoms with E-state index in [2.05, 4.69) is 24.5 Å². The summed E-state index contributed by atoms with van der Waals surface area (Å²) < 4.78 is 0. The van der Waals surface area contributed by atoms with E-state index in [1.54, 1.807) is 6.92 Å². The largest absolute Gasteiger partial charge is 0.350 e. The van der Waals surface area contributed by atoms with E-state index in [-0.39, 0.29) is 12.5 Å². The van der Waals surface area contributed by atoms with Gasteiger partial charge >= 0.3 is 6.03 Å². The van der Waals surface area contributed by atoms with Crippen molar-refractivity contribution in [1.29, 1.82) is 0 Å². The minimum Gasteiger partial charge on any atom is -0.350 e. The molecule has 6 heteroatoms. The summed E-state index contributed by atoms with van der Waals surface area (Å²) in [5, 5.41) is 5.52. The molecule has 0 radical (unpaired) electrons. The molecule has 0 unspecified atom stereocenters. The van der Waals surface area contributed by atoms with Crippen molar-refractivity contribution >= 4 is 17.8 Å². The first-order chi connectivity index (χ1) is 13.7. The van der Waals surface area contributed by atoms with Gasteiger partial charge in [0.1, 0.15) is 12.1 Å². The van der Waals surface area contributed by atoms with Crippen LogP contribution in [0.1, 0.15) is 48.9 Å². The first-order valence-electron chi connectivity index (χ1n) is 9.78. The van der Waals surface area contributed by atoms with Crippen molar-refractivity contribution in [2.75, 3.05) is 6.54 Å². The summed E-state index contributed by atoms with van der Waals surface area (Å²) in [5.41, 5.74) is 2.74. The quantitative estimate of drug-likeness (QED) is 0.740. The van der Waals surface area contributed by atoms with Gasteiger partial charge in [-0.2, -0.15) is 0 Å². The molecule has 2 N–H and O–H groups in total. The van der Waals surface area contributed by atoms with Crippen molar-refractivity contribution in [1.82, 2.24) is 15.5 Å². The third kappa shape index (κ3) is 4.16. The molecule has 0 aromatic heterocycles. The van der Waals surface area contributed by atoms with Crippen molar-refractivity contribution in [3.05, 3.63) is 70.8 Å². The second-order valence-electron chi connectivity index (χ2n) is 7.93. The van der Waals surface area contributed by atoms with Crippen molar-refractivity contribution < 1.29 is 14.4 Å². The molecule has 1 aliphatic rings. The van der Waals surface area contributed by atoms with Crippen molar-refractivity contribution in [2.45, 2.75) is 45.7 Å². The average molecular weight is 393 g/mol. The second kappa shape index (κ2) is 8.07. The van der Waals surface area contributed by atoms with Crippen LogP contribution in [0.4, 0.5) is 4.79 Å². The van der Waals surface area contributed by atoms with Gasteiger partial charge < -0.3 is 10.6 Å². The Labute approximate surface area is 171 Å². The predicted octanol–water partition coefficient (Wildman–Crippen LogP) is 3.20. The maximum absolute atomic E-state index is 13.0. The van der Waals surface area contributed by atoms with Crippen molar-refractivity contribution in [3.63, 3.8) is 0 Å². The van der Waals surface area contributed by atoms with Crippen LogP contribution < -0.4 is 10.6 Å². The first-order valence-corrected chi connectivity index (χ1v) is 9.78. The van der Waals surface area contributed by atoms with Crippen LogP contribution in [0.5, 0.6) is 0 Å². The van der Waals surface area contributed by atoms with E-state index in [0.29, 0.717) is 18.0 Å². The van der Waals surface area contributed by atoms with Gasteiger partial charge in [-0.3, -0.25) is 14.5 Å². The van der Waals surface area contributed by atoms with Gasteiger partial charge in [-0.05, 0) is 42.0 Å². The Hall–Kier alpha value is -3.15.